The number of para-hydroxylation sites is 1. The molecule has 6 heteroatoms. The van der Waals surface area contributed by atoms with Crippen molar-refractivity contribution in [2.24, 2.45) is 0 Å². The number of benzene rings is 2. The molecule has 0 radical (unpaired) electrons. The standard InChI is InChI=1S/C15H13ClN2O2S/c1-9-15(11-4-2-3-5-13(11)18-9)21(19,20)14-8-10(17)6-7-12(14)16/h2-8,18H,17H2,1H3. The van der Waals surface area contributed by atoms with Crippen LogP contribution < -0.4 is 5.73 Å². The molecular formula is C15H13ClN2O2S. The Morgan fingerprint density at radius 3 is 2.62 bits per heavy atom. The summed E-state index contributed by atoms with van der Waals surface area (Å²) in [4.78, 5) is 3.35. The predicted octanol–water partition coefficient (Wildman–Crippen LogP) is 3.54. The zero-order valence-electron chi connectivity index (χ0n) is 11.2. The summed E-state index contributed by atoms with van der Waals surface area (Å²) in [6.07, 6.45) is 0. The fourth-order valence-corrected chi connectivity index (χ4v) is 4.61. The zero-order valence-corrected chi connectivity index (χ0v) is 12.8. The highest BCUT2D eigenvalue weighted by atomic mass is 35.5. The van der Waals surface area contributed by atoms with Crippen molar-refractivity contribution < 1.29 is 8.42 Å². The number of aromatic nitrogens is 1. The van der Waals surface area contributed by atoms with E-state index in [1.165, 1.54) is 12.1 Å². The molecule has 1 aromatic heterocycles. The number of nitrogens with one attached hydrogen (secondary N) is 1. The monoisotopic (exact) mass is 320 g/mol. The molecule has 3 aromatic rings. The molecule has 2 aromatic carbocycles. The van der Waals surface area contributed by atoms with E-state index in [2.05, 4.69) is 4.98 Å². The lowest BCUT2D eigenvalue weighted by Gasteiger charge is -2.08. The minimum atomic E-state index is -3.75. The van der Waals surface area contributed by atoms with Crippen molar-refractivity contribution in [1.82, 2.24) is 4.98 Å². The average Bonchev–Trinajstić information content (AvgIpc) is 2.77. The molecule has 0 unspecified atom stereocenters. The van der Waals surface area contributed by atoms with E-state index in [0.29, 0.717) is 16.8 Å². The molecule has 0 bridgehead atoms. The smallest absolute Gasteiger partial charge is 0.210 e. The number of hydrogen-bond acceptors (Lipinski definition) is 3. The molecule has 0 aliphatic carbocycles. The number of hydrogen-bond donors (Lipinski definition) is 2. The zero-order chi connectivity index (χ0) is 15.2. The number of halogens is 1. The van der Waals surface area contributed by atoms with Gasteiger partial charge in [0.15, 0.2) is 0 Å². The van der Waals surface area contributed by atoms with E-state index in [4.69, 9.17) is 17.3 Å². The average molecular weight is 321 g/mol. The summed E-state index contributed by atoms with van der Waals surface area (Å²) < 4.78 is 25.9. The normalized spacial score (nSPS) is 11.9. The van der Waals surface area contributed by atoms with Crippen LogP contribution >= 0.6 is 11.6 Å². The van der Waals surface area contributed by atoms with E-state index in [-0.39, 0.29) is 14.8 Å². The van der Waals surface area contributed by atoms with E-state index >= 15 is 0 Å². The lowest BCUT2D eigenvalue weighted by Crippen LogP contribution is -2.05. The number of aromatic amines is 1. The van der Waals surface area contributed by atoms with Gasteiger partial charge in [0.05, 0.1) is 14.8 Å². The molecule has 4 nitrogen and oxygen atoms in total. The lowest BCUT2D eigenvalue weighted by atomic mass is 10.2. The summed E-state index contributed by atoms with van der Waals surface area (Å²) >= 11 is 6.06. The molecule has 21 heavy (non-hydrogen) atoms. The Kier molecular flexibility index (Phi) is 3.19. The van der Waals surface area contributed by atoms with E-state index in [1.54, 1.807) is 25.1 Å². The summed E-state index contributed by atoms with van der Waals surface area (Å²) in [6, 6.07) is 11.7. The van der Waals surface area contributed by atoms with Crippen molar-refractivity contribution in [2.45, 2.75) is 16.7 Å². The third-order valence-corrected chi connectivity index (χ3v) is 5.77. The highest BCUT2D eigenvalue weighted by molar-refractivity contribution is 7.92. The van der Waals surface area contributed by atoms with Crippen LogP contribution in [0.5, 0.6) is 0 Å². The first-order valence-electron chi connectivity index (χ1n) is 6.28. The van der Waals surface area contributed by atoms with Crippen LogP contribution in [0.3, 0.4) is 0 Å². The molecular weight excluding hydrogens is 308 g/mol. The van der Waals surface area contributed by atoms with Gasteiger partial charge in [0.25, 0.3) is 0 Å². The van der Waals surface area contributed by atoms with Crippen LogP contribution in [0.2, 0.25) is 5.02 Å². The van der Waals surface area contributed by atoms with Crippen molar-refractivity contribution in [1.29, 1.82) is 0 Å². The number of nitrogens with two attached hydrogens (primary N) is 1. The van der Waals surface area contributed by atoms with Gasteiger partial charge in [0.1, 0.15) is 0 Å². The third kappa shape index (κ3) is 2.18. The minimum absolute atomic E-state index is 0.0250. The Labute approximate surface area is 127 Å². The second-order valence-corrected chi connectivity index (χ2v) is 7.08. The van der Waals surface area contributed by atoms with Crippen LogP contribution in [0, 0.1) is 6.92 Å². The van der Waals surface area contributed by atoms with E-state index in [1.807, 2.05) is 12.1 Å². The number of aryl methyl sites for hydroxylation is 1. The Morgan fingerprint density at radius 2 is 1.86 bits per heavy atom. The molecule has 0 aliphatic rings. The van der Waals surface area contributed by atoms with E-state index in [9.17, 15) is 8.42 Å². The highest BCUT2D eigenvalue weighted by Crippen LogP contribution is 2.35. The van der Waals surface area contributed by atoms with Gasteiger partial charge in [0.2, 0.25) is 9.84 Å². The molecule has 3 rings (SSSR count). The van der Waals surface area contributed by atoms with Gasteiger partial charge in [-0.25, -0.2) is 8.42 Å². The number of sulfone groups is 1. The van der Waals surface area contributed by atoms with Crippen molar-refractivity contribution >= 4 is 38.0 Å². The Hall–Kier alpha value is -1.98. The van der Waals surface area contributed by atoms with Gasteiger partial charge in [0, 0.05) is 22.3 Å². The van der Waals surface area contributed by atoms with Gasteiger partial charge in [-0.05, 0) is 31.2 Å². The van der Waals surface area contributed by atoms with Crippen molar-refractivity contribution in [3.63, 3.8) is 0 Å². The molecule has 0 atom stereocenters. The maximum atomic E-state index is 12.9. The molecule has 0 saturated heterocycles. The Balaban J connectivity index is 2.35. The number of nitrogen functional groups attached to an aromatic ring is 1. The molecule has 0 aliphatic heterocycles. The number of fused-ring (bicyclic) bond motifs is 1. The van der Waals surface area contributed by atoms with Gasteiger partial charge in [-0.3, -0.25) is 0 Å². The van der Waals surface area contributed by atoms with Gasteiger partial charge < -0.3 is 10.7 Å². The number of rotatable bonds is 2. The largest absolute Gasteiger partial charge is 0.399 e. The van der Waals surface area contributed by atoms with Gasteiger partial charge in [-0.2, -0.15) is 0 Å². The SMILES string of the molecule is Cc1[nH]c2ccccc2c1S(=O)(=O)c1cc(N)ccc1Cl. The number of anilines is 1. The lowest BCUT2D eigenvalue weighted by molar-refractivity contribution is 0.596. The van der Waals surface area contributed by atoms with Crippen molar-refractivity contribution in [3.8, 4) is 0 Å². The number of H-pyrrole nitrogens is 1. The van der Waals surface area contributed by atoms with Crippen LogP contribution in [-0.2, 0) is 9.84 Å². The van der Waals surface area contributed by atoms with Gasteiger partial charge >= 0.3 is 0 Å². The highest BCUT2D eigenvalue weighted by Gasteiger charge is 2.26. The van der Waals surface area contributed by atoms with Crippen LogP contribution in [0.4, 0.5) is 5.69 Å². The molecule has 1 heterocycles. The molecule has 0 spiro atoms. The maximum absolute atomic E-state index is 12.9. The topological polar surface area (TPSA) is 76.0 Å². The summed E-state index contributed by atoms with van der Waals surface area (Å²) in [5, 5.41) is 0.808. The fraction of sp³-hybridized carbons (Fsp3) is 0.0667. The van der Waals surface area contributed by atoms with Gasteiger partial charge in [-0.15, -0.1) is 0 Å². The fourth-order valence-electron chi connectivity index (χ4n) is 2.43. The van der Waals surface area contributed by atoms with E-state index in [0.717, 1.165) is 5.52 Å². The second kappa shape index (κ2) is 4.79. The van der Waals surface area contributed by atoms with Gasteiger partial charge in [-0.1, -0.05) is 29.8 Å². The summed E-state index contributed by atoms with van der Waals surface area (Å²) in [5.74, 6) is 0. The molecule has 3 N–H and O–H groups in total. The molecule has 0 amide bonds. The van der Waals surface area contributed by atoms with Crippen molar-refractivity contribution in [3.05, 3.63) is 53.2 Å². The minimum Gasteiger partial charge on any atom is -0.399 e. The Bertz CT molecular complexity index is 945. The quantitative estimate of drug-likeness (QED) is 0.709. The first kappa shape index (κ1) is 14.0. The predicted molar refractivity (Wildman–Crippen MR) is 84.4 cm³/mol. The van der Waals surface area contributed by atoms with Crippen LogP contribution in [0.1, 0.15) is 5.69 Å². The first-order valence-corrected chi connectivity index (χ1v) is 8.15. The van der Waals surface area contributed by atoms with Crippen LogP contribution in [0.25, 0.3) is 10.9 Å². The summed E-state index contributed by atoms with van der Waals surface area (Å²) in [7, 11) is -3.75. The maximum Gasteiger partial charge on any atom is 0.210 e. The van der Waals surface area contributed by atoms with Crippen LogP contribution in [-0.4, -0.2) is 13.4 Å². The second-order valence-electron chi connectivity index (χ2n) is 4.82. The van der Waals surface area contributed by atoms with Crippen molar-refractivity contribution in [2.75, 3.05) is 5.73 Å². The van der Waals surface area contributed by atoms with Crippen LogP contribution in [0.15, 0.2) is 52.3 Å². The summed E-state index contributed by atoms with van der Waals surface area (Å²) in [5.41, 5.74) is 7.40. The summed E-state index contributed by atoms with van der Waals surface area (Å²) in [6.45, 7) is 1.73. The Morgan fingerprint density at radius 1 is 1.14 bits per heavy atom. The van der Waals surface area contributed by atoms with E-state index < -0.39 is 9.84 Å². The third-order valence-electron chi connectivity index (χ3n) is 3.35. The molecule has 0 fully saturated rings. The molecule has 108 valence electrons. The molecule has 0 saturated carbocycles. The first-order chi connectivity index (χ1) is 9.91.